The molecular formula is C16H25FN4O. The van der Waals surface area contributed by atoms with Crippen molar-refractivity contribution in [3.63, 3.8) is 0 Å². The topological polar surface area (TPSA) is 65.5 Å². The van der Waals surface area contributed by atoms with Crippen molar-refractivity contribution in [2.75, 3.05) is 25.0 Å². The molecule has 0 bridgehead atoms. The molecule has 0 aliphatic rings. The Morgan fingerprint density at radius 3 is 2.50 bits per heavy atom. The first-order valence-corrected chi connectivity index (χ1v) is 7.73. The molecule has 0 fully saturated rings. The van der Waals surface area contributed by atoms with E-state index in [1.165, 1.54) is 24.3 Å². The van der Waals surface area contributed by atoms with E-state index in [2.05, 4.69) is 27.9 Å². The average Bonchev–Trinajstić information content (AvgIpc) is 2.51. The van der Waals surface area contributed by atoms with Crippen LogP contribution in [0.15, 0.2) is 29.3 Å². The van der Waals surface area contributed by atoms with E-state index in [9.17, 15) is 9.18 Å². The normalized spacial score (nSPS) is 11.1. The number of guanidine groups is 1. The maximum absolute atomic E-state index is 12.8. The zero-order chi connectivity index (χ0) is 16.2. The Kier molecular flexibility index (Phi) is 8.64. The predicted octanol–water partition coefficient (Wildman–Crippen LogP) is 2.51. The van der Waals surface area contributed by atoms with Gasteiger partial charge in [-0.25, -0.2) is 9.38 Å². The monoisotopic (exact) mass is 308 g/mol. The van der Waals surface area contributed by atoms with E-state index in [0.29, 0.717) is 11.6 Å². The summed E-state index contributed by atoms with van der Waals surface area (Å²) in [5, 5.41) is 8.96. The van der Waals surface area contributed by atoms with Crippen molar-refractivity contribution in [1.82, 2.24) is 10.6 Å². The molecule has 1 rings (SSSR count). The van der Waals surface area contributed by atoms with Crippen LogP contribution in [0.2, 0.25) is 0 Å². The Balaban J connectivity index is 2.43. The Morgan fingerprint density at radius 2 is 1.86 bits per heavy atom. The van der Waals surface area contributed by atoms with Crippen molar-refractivity contribution in [1.29, 1.82) is 0 Å². The van der Waals surface area contributed by atoms with Gasteiger partial charge in [-0.15, -0.1) is 0 Å². The van der Waals surface area contributed by atoms with E-state index >= 15 is 0 Å². The number of nitrogens with one attached hydrogen (secondary N) is 3. The standard InChI is InChI=1S/C16H25FN4O/c1-3-5-6-11-19-16(18-4-2)20-12-15(22)21-14-9-7-13(17)8-10-14/h7-10H,3-6,11-12H2,1-2H3,(H,21,22)(H2,18,19,20). The average molecular weight is 308 g/mol. The molecule has 0 saturated heterocycles. The maximum atomic E-state index is 12.8. The zero-order valence-electron chi connectivity index (χ0n) is 13.3. The Hall–Kier alpha value is -2.11. The quantitative estimate of drug-likeness (QED) is 0.393. The summed E-state index contributed by atoms with van der Waals surface area (Å²) in [7, 11) is 0. The van der Waals surface area contributed by atoms with Gasteiger partial charge in [0.1, 0.15) is 12.4 Å². The van der Waals surface area contributed by atoms with Gasteiger partial charge in [0.05, 0.1) is 0 Å². The summed E-state index contributed by atoms with van der Waals surface area (Å²) >= 11 is 0. The van der Waals surface area contributed by atoms with Crippen molar-refractivity contribution in [2.45, 2.75) is 33.1 Å². The number of rotatable bonds is 8. The predicted molar refractivity (Wildman–Crippen MR) is 88.5 cm³/mol. The van der Waals surface area contributed by atoms with Gasteiger partial charge in [-0.3, -0.25) is 4.79 Å². The molecule has 0 aliphatic heterocycles. The third-order valence-electron chi connectivity index (χ3n) is 2.93. The second kappa shape index (κ2) is 10.6. The minimum absolute atomic E-state index is 0.0144. The lowest BCUT2D eigenvalue weighted by molar-refractivity contribution is -0.114. The first-order valence-electron chi connectivity index (χ1n) is 7.73. The third kappa shape index (κ3) is 7.61. The number of benzene rings is 1. The van der Waals surface area contributed by atoms with E-state index in [4.69, 9.17) is 0 Å². The summed E-state index contributed by atoms with van der Waals surface area (Å²) in [6.45, 7) is 5.71. The van der Waals surface area contributed by atoms with Gasteiger partial charge in [0.25, 0.3) is 0 Å². The molecule has 0 unspecified atom stereocenters. The highest BCUT2D eigenvalue weighted by molar-refractivity contribution is 5.94. The van der Waals surface area contributed by atoms with E-state index in [0.717, 1.165) is 32.4 Å². The second-order valence-electron chi connectivity index (χ2n) is 4.88. The number of carbonyl (C=O) groups is 1. The van der Waals surface area contributed by atoms with Crippen LogP contribution in [0.4, 0.5) is 10.1 Å². The second-order valence-corrected chi connectivity index (χ2v) is 4.88. The fourth-order valence-electron chi connectivity index (χ4n) is 1.81. The molecule has 122 valence electrons. The Bertz CT molecular complexity index is 474. The summed E-state index contributed by atoms with van der Waals surface area (Å²) in [4.78, 5) is 16.0. The molecule has 22 heavy (non-hydrogen) atoms. The third-order valence-corrected chi connectivity index (χ3v) is 2.93. The van der Waals surface area contributed by atoms with E-state index in [1.807, 2.05) is 6.92 Å². The van der Waals surface area contributed by atoms with E-state index in [-0.39, 0.29) is 18.3 Å². The van der Waals surface area contributed by atoms with Gasteiger partial charge in [0.15, 0.2) is 5.96 Å². The van der Waals surface area contributed by atoms with Crippen LogP contribution < -0.4 is 16.0 Å². The van der Waals surface area contributed by atoms with Crippen LogP contribution >= 0.6 is 0 Å². The van der Waals surface area contributed by atoms with Crippen LogP contribution in [0.25, 0.3) is 0 Å². The Labute approximate surface area is 131 Å². The summed E-state index contributed by atoms with van der Waals surface area (Å²) in [6.07, 6.45) is 3.40. The van der Waals surface area contributed by atoms with Gasteiger partial charge in [-0.1, -0.05) is 19.8 Å². The zero-order valence-corrected chi connectivity index (χ0v) is 13.3. The van der Waals surface area contributed by atoms with Gasteiger partial charge in [0, 0.05) is 18.8 Å². The van der Waals surface area contributed by atoms with E-state index in [1.54, 1.807) is 0 Å². The number of unbranched alkanes of at least 4 members (excludes halogenated alkanes) is 2. The van der Waals surface area contributed by atoms with Crippen molar-refractivity contribution in [3.8, 4) is 0 Å². The summed E-state index contributed by atoms with van der Waals surface area (Å²) < 4.78 is 12.8. The molecule has 1 aromatic carbocycles. The molecule has 0 heterocycles. The molecule has 3 N–H and O–H groups in total. The van der Waals surface area contributed by atoms with Crippen LogP contribution in [0.5, 0.6) is 0 Å². The fraction of sp³-hybridized carbons (Fsp3) is 0.500. The summed E-state index contributed by atoms with van der Waals surface area (Å²) in [5.41, 5.74) is 0.558. The fourth-order valence-corrected chi connectivity index (χ4v) is 1.81. The number of hydrogen-bond acceptors (Lipinski definition) is 2. The van der Waals surface area contributed by atoms with Crippen LogP contribution in [0, 0.1) is 5.82 Å². The van der Waals surface area contributed by atoms with Crippen molar-refractivity contribution < 1.29 is 9.18 Å². The molecular weight excluding hydrogens is 283 g/mol. The number of anilines is 1. The van der Waals surface area contributed by atoms with Crippen molar-refractivity contribution >= 4 is 17.6 Å². The van der Waals surface area contributed by atoms with Gasteiger partial charge < -0.3 is 16.0 Å². The SMILES string of the molecule is CCCCCNC(=NCC(=O)Nc1ccc(F)cc1)NCC. The number of amides is 1. The number of hydrogen-bond donors (Lipinski definition) is 3. The van der Waals surface area contributed by atoms with Gasteiger partial charge >= 0.3 is 0 Å². The van der Waals surface area contributed by atoms with Gasteiger partial charge in [0.2, 0.25) is 5.91 Å². The molecule has 1 aromatic rings. The maximum Gasteiger partial charge on any atom is 0.246 e. The van der Waals surface area contributed by atoms with Crippen molar-refractivity contribution in [3.05, 3.63) is 30.1 Å². The summed E-state index contributed by atoms with van der Waals surface area (Å²) in [6, 6.07) is 5.65. The molecule has 0 radical (unpaired) electrons. The number of carbonyl (C=O) groups excluding carboxylic acids is 1. The smallest absolute Gasteiger partial charge is 0.246 e. The lowest BCUT2D eigenvalue weighted by Crippen LogP contribution is -2.38. The van der Waals surface area contributed by atoms with Crippen molar-refractivity contribution in [2.24, 2.45) is 4.99 Å². The minimum atomic E-state index is -0.332. The largest absolute Gasteiger partial charge is 0.357 e. The number of nitrogens with zero attached hydrogens (tertiary/aromatic N) is 1. The molecule has 1 amide bonds. The molecule has 0 atom stereocenters. The molecule has 5 nitrogen and oxygen atoms in total. The molecule has 0 aliphatic carbocycles. The highest BCUT2D eigenvalue weighted by Gasteiger charge is 2.03. The number of aliphatic imine (C=N–C) groups is 1. The lowest BCUT2D eigenvalue weighted by Gasteiger charge is -2.11. The van der Waals surface area contributed by atoms with Gasteiger partial charge in [-0.05, 0) is 37.6 Å². The molecule has 0 aromatic heterocycles. The summed E-state index contributed by atoms with van der Waals surface area (Å²) in [5.74, 6) is 0.0620. The van der Waals surface area contributed by atoms with Crippen LogP contribution in [-0.4, -0.2) is 31.5 Å². The van der Waals surface area contributed by atoms with Gasteiger partial charge in [-0.2, -0.15) is 0 Å². The highest BCUT2D eigenvalue weighted by Crippen LogP contribution is 2.07. The van der Waals surface area contributed by atoms with E-state index < -0.39 is 0 Å². The molecule has 6 heteroatoms. The first-order chi connectivity index (χ1) is 10.7. The van der Waals surface area contributed by atoms with Crippen LogP contribution in [0.1, 0.15) is 33.1 Å². The van der Waals surface area contributed by atoms with Crippen LogP contribution in [-0.2, 0) is 4.79 Å². The highest BCUT2D eigenvalue weighted by atomic mass is 19.1. The Morgan fingerprint density at radius 1 is 1.14 bits per heavy atom. The number of halogens is 1. The van der Waals surface area contributed by atoms with Crippen LogP contribution in [0.3, 0.4) is 0 Å². The first kappa shape index (κ1) is 17.9. The molecule has 0 spiro atoms. The molecule has 0 saturated carbocycles. The lowest BCUT2D eigenvalue weighted by atomic mass is 10.2. The minimum Gasteiger partial charge on any atom is -0.357 e.